The summed E-state index contributed by atoms with van der Waals surface area (Å²) >= 11 is 6.61. The molecule has 4 nitrogen and oxygen atoms in total. The molecule has 6 heteroatoms. The van der Waals surface area contributed by atoms with E-state index in [0.29, 0.717) is 4.99 Å². The molecule has 0 aliphatic heterocycles. The van der Waals surface area contributed by atoms with Crippen LogP contribution in [0.15, 0.2) is 36.1 Å². The second-order valence-electron chi connectivity index (χ2n) is 3.46. The summed E-state index contributed by atoms with van der Waals surface area (Å²) in [5, 5.41) is 3.00. The minimum Gasteiger partial charge on any atom is -0.388 e. The number of aromatic nitrogens is 3. The molecule has 3 aromatic rings. The predicted octanol–water partition coefficient (Wildman–Crippen LogP) is 2.12. The van der Waals surface area contributed by atoms with Crippen LogP contribution in [0.3, 0.4) is 0 Å². The fourth-order valence-electron chi connectivity index (χ4n) is 1.74. The third-order valence-electron chi connectivity index (χ3n) is 2.47. The van der Waals surface area contributed by atoms with Crippen molar-refractivity contribution in [3.63, 3.8) is 0 Å². The van der Waals surface area contributed by atoms with Crippen molar-refractivity contribution in [2.24, 2.45) is 5.73 Å². The Bertz CT molecular complexity index is 698. The van der Waals surface area contributed by atoms with Crippen molar-refractivity contribution in [2.45, 2.75) is 0 Å². The first-order valence-electron chi connectivity index (χ1n) is 4.93. The summed E-state index contributed by atoms with van der Waals surface area (Å²) in [6, 6.07) is 5.77. The molecule has 0 aliphatic carbocycles. The molecule has 2 N–H and O–H groups in total. The zero-order chi connectivity index (χ0) is 11.8. The number of nitrogens with zero attached hydrogens (tertiary/aromatic N) is 3. The topological polar surface area (TPSA) is 56.7 Å². The van der Waals surface area contributed by atoms with E-state index >= 15 is 0 Å². The van der Waals surface area contributed by atoms with Crippen LogP contribution in [0.5, 0.6) is 0 Å². The highest BCUT2D eigenvalue weighted by molar-refractivity contribution is 7.80. The summed E-state index contributed by atoms with van der Waals surface area (Å²) in [5.74, 6) is 0.809. The van der Waals surface area contributed by atoms with Gasteiger partial charge in [0, 0.05) is 6.20 Å². The molecule has 0 atom stereocenters. The van der Waals surface area contributed by atoms with Gasteiger partial charge in [0.15, 0.2) is 0 Å². The summed E-state index contributed by atoms with van der Waals surface area (Å²) in [4.78, 5) is 9.84. The van der Waals surface area contributed by atoms with Crippen LogP contribution in [-0.4, -0.2) is 19.5 Å². The van der Waals surface area contributed by atoms with Gasteiger partial charge in [-0.05, 0) is 23.6 Å². The zero-order valence-electron chi connectivity index (χ0n) is 8.70. The van der Waals surface area contributed by atoms with E-state index in [9.17, 15) is 0 Å². The van der Waals surface area contributed by atoms with Gasteiger partial charge in [0.05, 0.1) is 11.1 Å². The van der Waals surface area contributed by atoms with Crippen molar-refractivity contribution in [1.82, 2.24) is 14.5 Å². The average molecular weight is 260 g/mol. The first kappa shape index (κ1) is 10.4. The monoisotopic (exact) mass is 260 g/mol. The Morgan fingerprint density at radius 1 is 1.35 bits per heavy atom. The molecule has 3 aromatic heterocycles. The molecule has 0 unspecified atom stereocenters. The summed E-state index contributed by atoms with van der Waals surface area (Å²) in [6.07, 6.45) is 3.45. The molecule has 0 amide bonds. The van der Waals surface area contributed by atoms with Crippen molar-refractivity contribution >= 4 is 38.8 Å². The Kier molecular flexibility index (Phi) is 2.38. The lowest BCUT2D eigenvalue weighted by Crippen LogP contribution is -2.15. The first-order chi connectivity index (χ1) is 8.27. The number of hydrogen-bond donors (Lipinski definition) is 1. The highest BCUT2D eigenvalue weighted by atomic mass is 32.1. The van der Waals surface area contributed by atoms with Crippen molar-refractivity contribution in [3.8, 4) is 5.82 Å². The molecule has 0 radical (unpaired) electrons. The van der Waals surface area contributed by atoms with Crippen molar-refractivity contribution in [2.75, 3.05) is 0 Å². The van der Waals surface area contributed by atoms with Crippen molar-refractivity contribution < 1.29 is 0 Å². The fourth-order valence-corrected chi connectivity index (χ4v) is 2.63. The van der Waals surface area contributed by atoms with Gasteiger partial charge in [0.1, 0.15) is 22.0 Å². The fraction of sp³-hybridized carbons (Fsp3) is 0. The number of nitrogens with two attached hydrogens (primary N) is 1. The van der Waals surface area contributed by atoms with E-state index in [1.807, 2.05) is 34.3 Å². The van der Waals surface area contributed by atoms with Crippen molar-refractivity contribution in [3.05, 3.63) is 41.8 Å². The Morgan fingerprint density at radius 2 is 2.24 bits per heavy atom. The molecule has 0 saturated heterocycles. The molecule has 3 heterocycles. The molecule has 0 fully saturated rings. The normalized spacial score (nSPS) is 10.8. The minimum absolute atomic E-state index is 0.358. The van der Waals surface area contributed by atoms with E-state index in [1.165, 1.54) is 0 Å². The molecule has 0 aromatic carbocycles. The quantitative estimate of drug-likeness (QED) is 0.717. The Hall–Kier alpha value is -1.79. The van der Waals surface area contributed by atoms with E-state index in [2.05, 4.69) is 9.97 Å². The van der Waals surface area contributed by atoms with Crippen LogP contribution in [0.1, 0.15) is 5.69 Å². The SMILES string of the molecule is NC(=S)c1cccn1-c1ncnc2sccc12. The maximum absolute atomic E-state index is 5.69. The van der Waals surface area contributed by atoms with Crippen LogP contribution < -0.4 is 5.73 Å². The lowest BCUT2D eigenvalue weighted by molar-refractivity contribution is 0.998. The largest absolute Gasteiger partial charge is 0.388 e. The number of thiophene rings is 1. The maximum Gasteiger partial charge on any atom is 0.149 e. The predicted molar refractivity (Wildman–Crippen MR) is 72.6 cm³/mol. The van der Waals surface area contributed by atoms with Gasteiger partial charge in [-0.25, -0.2) is 9.97 Å². The Balaban J connectivity index is 2.30. The van der Waals surface area contributed by atoms with Gasteiger partial charge in [-0.3, -0.25) is 4.57 Å². The molecule has 0 saturated carbocycles. The Morgan fingerprint density at radius 3 is 3.06 bits per heavy atom. The van der Waals surface area contributed by atoms with Crippen LogP contribution in [-0.2, 0) is 0 Å². The minimum atomic E-state index is 0.358. The molecule has 0 spiro atoms. The van der Waals surface area contributed by atoms with Gasteiger partial charge >= 0.3 is 0 Å². The second kappa shape index (κ2) is 3.90. The van der Waals surface area contributed by atoms with Crippen LogP contribution in [0.4, 0.5) is 0 Å². The molecular weight excluding hydrogens is 252 g/mol. The number of hydrogen-bond acceptors (Lipinski definition) is 4. The first-order valence-corrected chi connectivity index (χ1v) is 6.22. The molecular formula is C11H8N4S2. The number of thiocarbonyl (C=S) groups is 1. The van der Waals surface area contributed by atoms with E-state index in [-0.39, 0.29) is 0 Å². The highest BCUT2D eigenvalue weighted by Gasteiger charge is 2.10. The van der Waals surface area contributed by atoms with Gasteiger partial charge in [-0.2, -0.15) is 0 Å². The van der Waals surface area contributed by atoms with E-state index in [1.54, 1.807) is 17.7 Å². The Labute approximate surface area is 107 Å². The van der Waals surface area contributed by atoms with Crippen LogP contribution >= 0.6 is 23.6 Å². The second-order valence-corrected chi connectivity index (χ2v) is 4.80. The maximum atomic E-state index is 5.69. The van der Waals surface area contributed by atoms with Crippen LogP contribution in [0.2, 0.25) is 0 Å². The van der Waals surface area contributed by atoms with E-state index in [0.717, 1.165) is 21.7 Å². The van der Waals surface area contributed by atoms with Crippen LogP contribution in [0, 0.1) is 0 Å². The molecule has 0 bridgehead atoms. The standard InChI is InChI=1S/C11H8N4S2/c12-9(16)8-2-1-4-15(8)10-7-3-5-17-11(7)14-6-13-10/h1-6H,(H2,12,16). The average Bonchev–Trinajstić information content (AvgIpc) is 2.97. The van der Waals surface area contributed by atoms with Gasteiger partial charge in [-0.15, -0.1) is 11.3 Å². The lowest BCUT2D eigenvalue weighted by Gasteiger charge is -2.07. The smallest absolute Gasteiger partial charge is 0.149 e. The lowest BCUT2D eigenvalue weighted by atomic mass is 10.3. The molecule has 3 rings (SSSR count). The molecule has 17 heavy (non-hydrogen) atoms. The number of rotatable bonds is 2. The number of fused-ring (bicyclic) bond motifs is 1. The van der Waals surface area contributed by atoms with Gasteiger partial charge in [-0.1, -0.05) is 12.2 Å². The summed E-state index contributed by atoms with van der Waals surface area (Å²) in [6.45, 7) is 0. The third-order valence-corrected chi connectivity index (χ3v) is 3.50. The molecule has 0 aliphatic rings. The van der Waals surface area contributed by atoms with Crippen LogP contribution in [0.25, 0.3) is 16.0 Å². The van der Waals surface area contributed by atoms with E-state index < -0.39 is 0 Å². The third kappa shape index (κ3) is 1.62. The summed E-state index contributed by atoms with van der Waals surface area (Å²) in [7, 11) is 0. The van der Waals surface area contributed by atoms with Crippen molar-refractivity contribution in [1.29, 1.82) is 0 Å². The highest BCUT2D eigenvalue weighted by Crippen LogP contribution is 2.24. The summed E-state index contributed by atoms with van der Waals surface area (Å²) < 4.78 is 1.89. The van der Waals surface area contributed by atoms with E-state index in [4.69, 9.17) is 18.0 Å². The zero-order valence-corrected chi connectivity index (χ0v) is 10.3. The summed E-state index contributed by atoms with van der Waals surface area (Å²) in [5.41, 5.74) is 6.47. The van der Waals surface area contributed by atoms with Gasteiger partial charge in [0.25, 0.3) is 0 Å². The van der Waals surface area contributed by atoms with Gasteiger partial charge in [0.2, 0.25) is 0 Å². The molecule has 84 valence electrons. The van der Waals surface area contributed by atoms with Gasteiger partial charge < -0.3 is 5.73 Å².